The molecule has 1 aliphatic heterocycles. The van der Waals surface area contributed by atoms with E-state index in [9.17, 15) is 9.59 Å². The smallest absolute Gasteiger partial charge is 0.303 e. The number of nitrogens with one attached hydrogen (secondary N) is 1. The zero-order valence-electron chi connectivity index (χ0n) is 10.7. The molecular weight excluding hydrogens is 244 g/mol. The molecule has 0 radical (unpaired) electrons. The fourth-order valence-electron chi connectivity index (χ4n) is 2.24. The monoisotopic (exact) mass is 262 g/mol. The van der Waals surface area contributed by atoms with Crippen LogP contribution in [-0.4, -0.2) is 41.5 Å². The number of likely N-dealkylation sites (tertiary alicyclic amines) is 1. The summed E-state index contributed by atoms with van der Waals surface area (Å²) in [6, 6.07) is 9.74. The summed E-state index contributed by atoms with van der Waals surface area (Å²) in [7, 11) is 0. The van der Waals surface area contributed by atoms with Crippen molar-refractivity contribution in [2.75, 3.05) is 19.6 Å². The Morgan fingerprint density at radius 3 is 2.58 bits per heavy atom. The van der Waals surface area contributed by atoms with E-state index in [1.807, 2.05) is 35.2 Å². The van der Waals surface area contributed by atoms with Crippen LogP contribution in [0.2, 0.25) is 0 Å². The number of carboxylic acids is 1. The van der Waals surface area contributed by atoms with Crippen molar-refractivity contribution in [2.24, 2.45) is 5.92 Å². The minimum absolute atomic E-state index is 0.0161. The second-order valence-electron chi connectivity index (χ2n) is 4.92. The van der Waals surface area contributed by atoms with E-state index in [0.29, 0.717) is 26.2 Å². The molecule has 0 spiro atoms. The fraction of sp³-hybridized carbons (Fsp3) is 0.429. The first-order valence-corrected chi connectivity index (χ1v) is 6.38. The number of amides is 1. The Kier molecular flexibility index (Phi) is 4.52. The molecule has 102 valence electrons. The Hall–Kier alpha value is -1.88. The van der Waals surface area contributed by atoms with Gasteiger partial charge in [0.15, 0.2) is 0 Å². The molecule has 1 aromatic rings. The van der Waals surface area contributed by atoms with Gasteiger partial charge in [-0.15, -0.1) is 0 Å². The molecule has 0 aliphatic carbocycles. The third-order valence-electron chi connectivity index (χ3n) is 3.20. The van der Waals surface area contributed by atoms with E-state index in [-0.39, 0.29) is 18.2 Å². The first kappa shape index (κ1) is 13.5. The maximum Gasteiger partial charge on any atom is 0.303 e. The molecule has 5 heteroatoms. The Morgan fingerprint density at radius 1 is 1.26 bits per heavy atom. The minimum Gasteiger partial charge on any atom is -0.481 e. The molecule has 1 saturated heterocycles. The molecule has 1 fully saturated rings. The maximum absolute atomic E-state index is 11.7. The highest BCUT2D eigenvalue weighted by Crippen LogP contribution is 2.18. The summed E-state index contributed by atoms with van der Waals surface area (Å²) in [6.07, 6.45) is 0.197. The lowest BCUT2D eigenvalue weighted by atomic mass is 9.96. The first-order chi connectivity index (χ1) is 9.13. The summed E-state index contributed by atoms with van der Waals surface area (Å²) < 4.78 is 0. The fourth-order valence-corrected chi connectivity index (χ4v) is 2.24. The molecule has 0 saturated carbocycles. The zero-order chi connectivity index (χ0) is 13.7. The number of benzene rings is 1. The Bertz CT molecular complexity index is 441. The Labute approximate surface area is 112 Å². The number of hydrogen-bond acceptors (Lipinski definition) is 3. The summed E-state index contributed by atoms with van der Waals surface area (Å²) in [4.78, 5) is 24.1. The lowest BCUT2D eigenvalue weighted by Crippen LogP contribution is -2.51. The van der Waals surface area contributed by atoms with Crippen molar-refractivity contribution in [2.45, 2.75) is 13.0 Å². The number of aliphatic carboxylic acids is 1. The molecule has 1 heterocycles. The van der Waals surface area contributed by atoms with Crippen molar-refractivity contribution in [1.29, 1.82) is 0 Å². The van der Waals surface area contributed by atoms with E-state index < -0.39 is 5.97 Å². The summed E-state index contributed by atoms with van der Waals surface area (Å²) in [6.45, 7) is 2.28. The SMILES string of the molecule is O=C(O)CC1CN(CC(=O)NCc2ccccc2)C1. The molecular formula is C14H18N2O3. The van der Waals surface area contributed by atoms with E-state index in [1.165, 1.54) is 0 Å². The topological polar surface area (TPSA) is 69.6 Å². The van der Waals surface area contributed by atoms with Crippen LogP contribution in [0.25, 0.3) is 0 Å². The van der Waals surface area contributed by atoms with E-state index >= 15 is 0 Å². The van der Waals surface area contributed by atoms with E-state index in [2.05, 4.69) is 5.32 Å². The normalized spacial score (nSPS) is 15.8. The number of rotatable bonds is 6. The van der Waals surface area contributed by atoms with Crippen molar-refractivity contribution in [3.05, 3.63) is 35.9 Å². The molecule has 0 aromatic heterocycles. The van der Waals surface area contributed by atoms with Gasteiger partial charge in [0, 0.05) is 19.6 Å². The van der Waals surface area contributed by atoms with Gasteiger partial charge in [-0.1, -0.05) is 30.3 Å². The standard InChI is InChI=1S/C14H18N2O3/c17-13(15-7-11-4-2-1-3-5-11)10-16-8-12(9-16)6-14(18)19/h1-5,12H,6-10H2,(H,15,17)(H,18,19). The van der Waals surface area contributed by atoms with Crippen LogP contribution in [0.15, 0.2) is 30.3 Å². The predicted molar refractivity (Wildman–Crippen MR) is 70.5 cm³/mol. The van der Waals surface area contributed by atoms with Gasteiger partial charge in [0.1, 0.15) is 0 Å². The zero-order valence-corrected chi connectivity index (χ0v) is 10.7. The quantitative estimate of drug-likeness (QED) is 0.792. The second-order valence-corrected chi connectivity index (χ2v) is 4.92. The van der Waals surface area contributed by atoms with E-state index in [0.717, 1.165) is 5.56 Å². The number of carboxylic acid groups (broad SMARTS) is 1. The summed E-state index contributed by atoms with van der Waals surface area (Å²) in [5, 5.41) is 11.5. The van der Waals surface area contributed by atoms with Crippen LogP contribution in [0.1, 0.15) is 12.0 Å². The molecule has 2 N–H and O–H groups in total. The van der Waals surface area contributed by atoms with Crippen molar-refractivity contribution >= 4 is 11.9 Å². The van der Waals surface area contributed by atoms with Crippen LogP contribution >= 0.6 is 0 Å². The number of carbonyl (C=O) groups excluding carboxylic acids is 1. The maximum atomic E-state index is 11.7. The van der Waals surface area contributed by atoms with Crippen molar-refractivity contribution < 1.29 is 14.7 Å². The predicted octanol–water partition coefficient (Wildman–Crippen LogP) is 0.709. The Morgan fingerprint density at radius 2 is 1.95 bits per heavy atom. The third-order valence-corrected chi connectivity index (χ3v) is 3.20. The third kappa shape index (κ3) is 4.37. The summed E-state index contributed by atoms with van der Waals surface area (Å²) in [5.41, 5.74) is 1.07. The largest absolute Gasteiger partial charge is 0.481 e. The van der Waals surface area contributed by atoms with Crippen LogP contribution in [0, 0.1) is 5.92 Å². The van der Waals surface area contributed by atoms with Gasteiger partial charge in [0.2, 0.25) is 5.91 Å². The van der Waals surface area contributed by atoms with Crippen molar-refractivity contribution in [1.82, 2.24) is 10.2 Å². The van der Waals surface area contributed by atoms with Gasteiger partial charge in [-0.05, 0) is 11.5 Å². The highest BCUT2D eigenvalue weighted by atomic mass is 16.4. The van der Waals surface area contributed by atoms with Gasteiger partial charge in [0.25, 0.3) is 0 Å². The number of hydrogen-bond donors (Lipinski definition) is 2. The van der Waals surface area contributed by atoms with Gasteiger partial charge in [-0.2, -0.15) is 0 Å². The molecule has 1 aromatic carbocycles. The number of carbonyl (C=O) groups is 2. The molecule has 1 amide bonds. The van der Waals surface area contributed by atoms with Crippen LogP contribution in [-0.2, 0) is 16.1 Å². The molecule has 1 aliphatic rings. The first-order valence-electron chi connectivity index (χ1n) is 6.38. The van der Waals surface area contributed by atoms with Gasteiger partial charge < -0.3 is 10.4 Å². The van der Waals surface area contributed by atoms with Gasteiger partial charge >= 0.3 is 5.97 Å². The van der Waals surface area contributed by atoms with E-state index in [1.54, 1.807) is 0 Å². The lowest BCUT2D eigenvalue weighted by Gasteiger charge is -2.37. The number of nitrogens with zero attached hydrogens (tertiary/aromatic N) is 1. The molecule has 0 unspecified atom stereocenters. The van der Waals surface area contributed by atoms with Gasteiger partial charge in [-0.25, -0.2) is 0 Å². The summed E-state index contributed by atoms with van der Waals surface area (Å²) in [5.74, 6) is -0.588. The Balaban J connectivity index is 1.62. The minimum atomic E-state index is -0.766. The van der Waals surface area contributed by atoms with Crippen LogP contribution in [0.5, 0.6) is 0 Å². The summed E-state index contributed by atoms with van der Waals surface area (Å²) >= 11 is 0. The highest BCUT2D eigenvalue weighted by molar-refractivity contribution is 5.78. The molecule has 0 atom stereocenters. The molecule has 19 heavy (non-hydrogen) atoms. The highest BCUT2D eigenvalue weighted by Gasteiger charge is 2.29. The molecule has 0 bridgehead atoms. The average molecular weight is 262 g/mol. The van der Waals surface area contributed by atoms with Gasteiger partial charge in [0.05, 0.1) is 13.0 Å². The van der Waals surface area contributed by atoms with Crippen LogP contribution in [0.3, 0.4) is 0 Å². The second kappa shape index (κ2) is 6.33. The molecule has 2 rings (SSSR count). The van der Waals surface area contributed by atoms with Crippen molar-refractivity contribution in [3.63, 3.8) is 0 Å². The molecule has 5 nitrogen and oxygen atoms in total. The average Bonchev–Trinajstić information content (AvgIpc) is 2.34. The van der Waals surface area contributed by atoms with Gasteiger partial charge in [-0.3, -0.25) is 14.5 Å². The van der Waals surface area contributed by atoms with Crippen LogP contribution < -0.4 is 5.32 Å². The van der Waals surface area contributed by atoms with Crippen molar-refractivity contribution in [3.8, 4) is 0 Å². The van der Waals surface area contributed by atoms with Crippen LogP contribution in [0.4, 0.5) is 0 Å². The lowest BCUT2D eigenvalue weighted by molar-refractivity contribution is -0.139. The van der Waals surface area contributed by atoms with E-state index in [4.69, 9.17) is 5.11 Å².